The Bertz CT molecular complexity index is 2850. The lowest BCUT2D eigenvalue weighted by Gasteiger charge is -2.29. The highest BCUT2D eigenvalue weighted by Gasteiger charge is 2.29. The smallest absolute Gasteiger partial charge is 0.0900 e. The first-order chi connectivity index (χ1) is 29.8. The average molecular weight is 766 g/mol. The summed E-state index contributed by atoms with van der Waals surface area (Å²) in [6.07, 6.45) is 3.62. The summed E-state index contributed by atoms with van der Waals surface area (Å²) in [5, 5.41) is 0. The third-order valence-corrected chi connectivity index (χ3v) is 11.0. The van der Waals surface area contributed by atoms with Crippen molar-refractivity contribution in [2.24, 2.45) is 0 Å². The van der Waals surface area contributed by atoms with E-state index in [1.165, 1.54) is 33.4 Å². The third kappa shape index (κ3) is 7.10. The van der Waals surface area contributed by atoms with Crippen LogP contribution in [0.3, 0.4) is 0 Å². The molecule has 10 rings (SSSR count). The van der Waals surface area contributed by atoms with Crippen molar-refractivity contribution in [3.63, 3.8) is 0 Å². The van der Waals surface area contributed by atoms with E-state index in [0.717, 1.165) is 67.3 Å². The predicted molar refractivity (Wildman–Crippen MR) is 249 cm³/mol. The maximum Gasteiger partial charge on any atom is 0.0900 e. The van der Waals surface area contributed by atoms with E-state index in [9.17, 15) is 0 Å². The molecular weight excluding hydrogens is 727 g/mol. The van der Waals surface area contributed by atoms with Crippen LogP contribution in [0.1, 0.15) is 0 Å². The van der Waals surface area contributed by atoms with Gasteiger partial charge in [0.15, 0.2) is 0 Å². The molecule has 282 valence electrons. The zero-order valence-electron chi connectivity index (χ0n) is 32.9. The van der Waals surface area contributed by atoms with E-state index < -0.39 is 0 Å². The standard InChI is InChI=1S/C57H39N3/c1-6-20-41(21-7-1)52-53(42-22-8-2-9-23-42)55(44-26-12-4-13-27-44)57(56(45-28-14-5-15-29-45)54(52)43-24-10-3-11-25-43)46-34-32-40(33-35-46)47-38-50(48-30-16-18-36-58-48)60-51(39-47)49-31-17-19-37-59-49/h1-39H. The van der Waals surface area contributed by atoms with Crippen LogP contribution in [0, 0.1) is 0 Å². The molecular formula is C57H39N3. The second-order valence-corrected chi connectivity index (χ2v) is 14.7. The quantitative estimate of drug-likeness (QED) is 0.147. The topological polar surface area (TPSA) is 38.7 Å². The summed E-state index contributed by atoms with van der Waals surface area (Å²) in [4.78, 5) is 14.4. The van der Waals surface area contributed by atoms with Gasteiger partial charge in [-0.3, -0.25) is 9.97 Å². The zero-order chi connectivity index (χ0) is 40.1. The summed E-state index contributed by atoms with van der Waals surface area (Å²) in [5.74, 6) is 0. The van der Waals surface area contributed by atoms with Crippen LogP contribution < -0.4 is 0 Å². The number of benzene rings is 7. The number of rotatable bonds is 9. The molecule has 0 fully saturated rings. The van der Waals surface area contributed by atoms with E-state index in [4.69, 9.17) is 4.98 Å². The fourth-order valence-electron chi connectivity index (χ4n) is 8.32. The van der Waals surface area contributed by atoms with Crippen molar-refractivity contribution in [2.45, 2.75) is 0 Å². The van der Waals surface area contributed by atoms with Gasteiger partial charge in [0.2, 0.25) is 0 Å². The minimum atomic E-state index is 0.798. The molecule has 0 unspecified atom stereocenters. The summed E-state index contributed by atoms with van der Waals surface area (Å²) in [5.41, 5.74) is 19.4. The molecule has 0 bridgehead atoms. The molecule has 10 aromatic rings. The molecule has 7 aromatic carbocycles. The third-order valence-electron chi connectivity index (χ3n) is 11.0. The average Bonchev–Trinajstić information content (AvgIpc) is 3.35. The van der Waals surface area contributed by atoms with E-state index in [1.54, 1.807) is 0 Å². The highest BCUT2D eigenvalue weighted by molar-refractivity contribution is 6.15. The lowest BCUT2D eigenvalue weighted by Crippen LogP contribution is -2.02. The molecule has 0 aliphatic rings. The van der Waals surface area contributed by atoms with E-state index in [0.29, 0.717) is 0 Å². The molecule has 0 spiro atoms. The van der Waals surface area contributed by atoms with Gasteiger partial charge in [-0.1, -0.05) is 188 Å². The van der Waals surface area contributed by atoms with E-state index in [-0.39, 0.29) is 0 Å². The largest absolute Gasteiger partial charge is 0.255 e. The van der Waals surface area contributed by atoms with Crippen molar-refractivity contribution in [1.82, 2.24) is 15.0 Å². The van der Waals surface area contributed by atoms with Gasteiger partial charge in [-0.05, 0) is 114 Å². The fraction of sp³-hybridized carbons (Fsp3) is 0. The molecule has 3 nitrogen and oxygen atoms in total. The van der Waals surface area contributed by atoms with Gasteiger partial charge in [0, 0.05) is 12.4 Å². The lowest BCUT2D eigenvalue weighted by atomic mass is 9.74. The molecule has 60 heavy (non-hydrogen) atoms. The molecule has 0 saturated heterocycles. The molecule has 0 saturated carbocycles. The first kappa shape index (κ1) is 36.3. The zero-order valence-corrected chi connectivity index (χ0v) is 32.9. The van der Waals surface area contributed by atoms with Crippen LogP contribution >= 0.6 is 0 Å². The van der Waals surface area contributed by atoms with Crippen molar-refractivity contribution >= 4 is 0 Å². The van der Waals surface area contributed by atoms with Gasteiger partial charge in [-0.15, -0.1) is 0 Å². The Labute approximate surface area is 351 Å². The van der Waals surface area contributed by atoms with Gasteiger partial charge in [0.1, 0.15) is 0 Å². The molecule has 0 aliphatic heterocycles. The molecule has 3 aromatic heterocycles. The van der Waals surface area contributed by atoms with Crippen LogP contribution in [-0.2, 0) is 0 Å². The summed E-state index contributed by atoms with van der Waals surface area (Å²) in [6.45, 7) is 0. The molecule has 3 heteroatoms. The van der Waals surface area contributed by atoms with Crippen LogP contribution in [0.4, 0.5) is 0 Å². The van der Waals surface area contributed by atoms with Gasteiger partial charge < -0.3 is 0 Å². The second-order valence-electron chi connectivity index (χ2n) is 14.7. The van der Waals surface area contributed by atoms with Crippen LogP contribution in [0.15, 0.2) is 237 Å². The van der Waals surface area contributed by atoms with E-state index >= 15 is 0 Å². The van der Waals surface area contributed by atoms with Gasteiger partial charge >= 0.3 is 0 Å². The van der Waals surface area contributed by atoms with Crippen molar-refractivity contribution in [1.29, 1.82) is 0 Å². The number of aromatic nitrogens is 3. The van der Waals surface area contributed by atoms with Crippen LogP contribution in [-0.4, -0.2) is 15.0 Å². The summed E-state index contributed by atoms with van der Waals surface area (Å²) in [7, 11) is 0. The molecule has 3 heterocycles. The number of pyridine rings is 3. The maximum atomic E-state index is 5.04. The molecule has 0 N–H and O–H groups in total. The van der Waals surface area contributed by atoms with E-state index in [1.807, 2.05) is 48.8 Å². The molecule has 0 radical (unpaired) electrons. The molecule has 0 aliphatic carbocycles. The van der Waals surface area contributed by atoms with Crippen LogP contribution in [0.5, 0.6) is 0 Å². The minimum absolute atomic E-state index is 0.798. The van der Waals surface area contributed by atoms with Crippen molar-refractivity contribution in [2.75, 3.05) is 0 Å². The molecule has 0 amide bonds. The SMILES string of the molecule is c1ccc(-c2c(-c3ccccc3)c(-c3ccccc3)c(-c3ccc(-c4cc(-c5ccccn5)nc(-c5ccccn5)c4)cc3)c(-c3ccccc3)c2-c2ccccc2)cc1. The Hall–Kier alpha value is -8.01. The van der Waals surface area contributed by atoms with Gasteiger partial charge in [-0.25, -0.2) is 4.98 Å². The Morgan fingerprint density at radius 2 is 0.467 bits per heavy atom. The number of nitrogens with zero attached hydrogens (tertiary/aromatic N) is 3. The maximum absolute atomic E-state index is 5.04. The lowest BCUT2D eigenvalue weighted by molar-refractivity contribution is 1.22. The first-order valence-corrected chi connectivity index (χ1v) is 20.3. The summed E-state index contributed by atoms with van der Waals surface area (Å²) < 4.78 is 0. The fourth-order valence-corrected chi connectivity index (χ4v) is 8.32. The summed E-state index contributed by atoms with van der Waals surface area (Å²) >= 11 is 0. The monoisotopic (exact) mass is 765 g/mol. The van der Waals surface area contributed by atoms with Gasteiger partial charge in [-0.2, -0.15) is 0 Å². The Balaban J connectivity index is 1.30. The summed E-state index contributed by atoms with van der Waals surface area (Å²) in [6, 6.07) is 79.6. The van der Waals surface area contributed by atoms with E-state index in [2.05, 4.69) is 198 Å². The second kappa shape index (κ2) is 16.5. The van der Waals surface area contributed by atoms with Crippen LogP contribution in [0.25, 0.3) is 101 Å². The normalized spacial score (nSPS) is 11.0. The predicted octanol–water partition coefficient (Wildman–Crippen LogP) is 14.9. The minimum Gasteiger partial charge on any atom is -0.255 e. The van der Waals surface area contributed by atoms with Gasteiger partial charge in [0.25, 0.3) is 0 Å². The van der Waals surface area contributed by atoms with Crippen molar-refractivity contribution < 1.29 is 0 Å². The first-order valence-electron chi connectivity index (χ1n) is 20.3. The highest BCUT2D eigenvalue weighted by atomic mass is 14.8. The van der Waals surface area contributed by atoms with Gasteiger partial charge in [0.05, 0.1) is 22.8 Å². The number of hydrogen-bond acceptors (Lipinski definition) is 3. The molecule has 0 atom stereocenters. The number of hydrogen-bond donors (Lipinski definition) is 0. The van der Waals surface area contributed by atoms with Crippen molar-refractivity contribution in [3.8, 4) is 101 Å². The van der Waals surface area contributed by atoms with Crippen LogP contribution in [0.2, 0.25) is 0 Å². The Morgan fingerprint density at radius 3 is 0.750 bits per heavy atom. The van der Waals surface area contributed by atoms with Crippen molar-refractivity contribution in [3.05, 3.63) is 237 Å². The Kier molecular flexibility index (Phi) is 9.97. The Morgan fingerprint density at radius 1 is 0.200 bits per heavy atom. The highest BCUT2D eigenvalue weighted by Crippen LogP contribution is 2.55.